The van der Waals surface area contributed by atoms with Crippen molar-refractivity contribution in [3.05, 3.63) is 83.4 Å². The summed E-state index contributed by atoms with van der Waals surface area (Å²) in [6.07, 6.45) is 8.56. The van der Waals surface area contributed by atoms with Gasteiger partial charge in [0.15, 0.2) is 0 Å². The zero-order valence-electron chi connectivity index (χ0n) is 26.0. The molecular formula is C36H45ClN2O5. The van der Waals surface area contributed by atoms with Crippen LogP contribution in [0.25, 0.3) is 0 Å². The van der Waals surface area contributed by atoms with Gasteiger partial charge in [-0.15, -0.1) is 13.2 Å². The third-order valence-corrected chi connectivity index (χ3v) is 10.3. The molecule has 8 heteroatoms. The number of amides is 1. The minimum atomic E-state index is -0.750. The fourth-order valence-corrected chi connectivity index (χ4v) is 7.49. The minimum absolute atomic E-state index is 0.00819. The van der Waals surface area contributed by atoms with Crippen LogP contribution in [0.2, 0.25) is 5.02 Å². The summed E-state index contributed by atoms with van der Waals surface area (Å²) in [5.74, 6) is -0.121. The first-order valence-corrected chi connectivity index (χ1v) is 16.1. The van der Waals surface area contributed by atoms with E-state index < -0.39 is 18.0 Å². The number of aliphatic hydroxyl groups excluding tert-OH is 1. The highest BCUT2D eigenvalue weighted by Crippen LogP contribution is 2.47. The molecule has 1 unspecified atom stereocenters. The molecule has 1 heterocycles. The number of rotatable bonds is 11. The van der Waals surface area contributed by atoms with Crippen LogP contribution in [0.1, 0.15) is 61.1 Å². The van der Waals surface area contributed by atoms with Crippen molar-refractivity contribution in [1.82, 2.24) is 4.90 Å². The molecule has 2 aromatic carbocycles. The molecule has 7 nitrogen and oxygen atoms in total. The Morgan fingerprint density at radius 3 is 2.77 bits per heavy atom. The van der Waals surface area contributed by atoms with Gasteiger partial charge in [-0.05, 0) is 91.3 Å². The Balaban J connectivity index is 1.52. The number of aryl methyl sites for hydroxylation is 1. The third-order valence-electron chi connectivity index (χ3n) is 10.0. The minimum Gasteiger partial charge on any atom is -0.490 e. The molecule has 3 aliphatic rings. The number of ether oxygens (including phenoxy) is 2. The maximum Gasteiger partial charge on any atom is 0.313 e. The second-order valence-corrected chi connectivity index (χ2v) is 13.2. The lowest BCUT2D eigenvalue weighted by Crippen LogP contribution is -2.49. The van der Waals surface area contributed by atoms with E-state index in [1.807, 2.05) is 24.3 Å². The smallest absolute Gasteiger partial charge is 0.313 e. The Labute approximate surface area is 266 Å². The quantitative estimate of drug-likeness (QED) is 0.243. The van der Waals surface area contributed by atoms with E-state index in [0.717, 1.165) is 67.2 Å². The normalized spacial score (nSPS) is 23.6. The third kappa shape index (κ3) is 6.54. The zero-order valence-corrected chi connectivity index (χ0v) is 26.7. The Kier molecular flexibility index (Phi) is 10.1. The second-order valence-electron chi connectivity index (χ2n) is 12.7. The Bertz CT molecular complexity index is 1390. The monoisotopic (exact) mass is 620 g/mol. The number of aliphatic hydroxyl groups is 1. The number of methoxy groups -OCH3 is 1. The van der Waals surface area contributed by atoms with Crippen LogP contribution in [-0.2, 0) is 26.2 Å². The van der Waals surface area contributed by atoms with Crippen LogP contribution < -0.4 is 9.64 Å². The number of esters is 1. The van der Waals surface area contributed by atoms with E-state index in [1.165, 1.54) is 18.2 Å². The molecule has 0 bridgehead atoms. The Morgan fingerprint density at radius 1 is 1.25 bits per heavy atom. The van der Waals surface area contributed by atoms with Crippen LogP contribution in [-0.4, -0.2) is 68.4 Å². The van der Waals surface area contributed by atoms with Crippen LogP contribution in [0.4, 0.5) is 5.69 Å². The number of carbonyl (C=O) groups excluding carboxylic acids is 2. The molecule has 5 rings (SSSR count). The molecule has 1 spiro atoms. The number of hydrogen-bond donors (Lipinski definition) is 1. The van der Waals surface area contributed by atoms with Crippen LogP contribution >= 0.6 is 11.6 Å². The topological polar surface area (TPSA) is 79.3 Å². The fourth-order valence-electron chi connectivity index (χ4n) is 7.30. The molecule has 2 aliphatic carbocycles. The number of benzene rings is 2. The summed E-state index contributed by atoms with van der Waals surface area (Å²) in [5.41, 5.74) is 3.94. The molecule has 0 aromatic heterocycles. The molecule has 44 heavy (non-hydrogen) atoms. The molecule has 1 amide bonds. The van der Waals surface area contributed by atoms with Gasteiger partial charge < -0.3 is 24.4 Å². The lowest BCUT2D eigenvalue weighted by molar-refractivity contribution is -0.145. The van der Waals surface area contributed by atoms with Crippen LogP contribution in [0.3, 0.4) is 0 Å². The predicted molar refractivity (Wildman–Crippen MR) is 174 cm³/mol. The molecule has 1 saturated carbocycles. The van der Waals surface area contributed by atoms with Gasteiger partial charge in [0.05, 0.1) is 31.4 Å². The van der Waals surface area contributed by atoms with Crippen LogP contribution in [0.5, 0.6) is 5.75 Å². The van der Waals surface area contributed by atoms with Gasteiger partial charge in [0.1, 0.15) is 5.75 Å². The molecule has 1 aliphatic heterocycles. The predicted octanol–water partition coefficient (Wildman–Crippen LogP) is 6.07. The maximum atomic E-state index is 13.1. The Morgan fingerprint density at radius 2 is 2.07 bits per heavy atom. The number of anilines is 1. The molecule has 236 valence electrons. The van der Waals surface area contributed by atoms with E-state index in [0.29, 0.717) is 25.5 Å². The molecule has 0 radical (unpaired) electrons. The van der Waals surface area contributed by atoms with Gasteiger partial charge in [0.2, 0.25) is 5.91 Å². The van der Waals surface area contributed by atoms with Gasteiger partial charge in [0, 0.05) is 43.5 Å². The lowest BCUT2D eigenvalue weighted by atomic mass is 9.68. The highest BCUT2D eigenvalue weighted by molar-refractivity contribution is 6.30. The van der Waals surface area contributed by atoms with Crippen molar-refractivity contribution >= 4 is 29.2 Å². The summed E-state index contributed by atoms with van der Waals surface area (Å²) < 4.78 is 11.8. The van der Waals surface area contributed by atoms with E-state index in [-0.39, 0.29) is 23.7 Å². The number of nitrogens with zero attached hydrogens (tertiary/aromatic N) is 2. The van der Waals surface area contributed by atoms with E-state index in [9.17, 15) is 14.7 Å². The summed E-state index contributed by atoms with van der Waals surface area (Å²) in [7, 11) is 3.10. The summed E-state index contributed by atoms with van der Waals surface area (Å²) in [4.78, 5) is 30.3. The maximum absolute atomic E-state index is 13.1. The van der Waals surface area contributed by atoms with E-state index in [1.54, 1.807) is 24.1 Å². The average Bonchev–Trinajstić information content (AvgIpc) is 3.16. The number of hydrogen-bond acceptors (Lipinski definition) is 6. The first-order valence-electron chi connectivity index (χ1n) is 15.7. The molecule has 5 atom stereocenters. The number of carbonyl (C=O) groups is 2. The second kappa shape index (κ2) is 13.8. The van der Waals surface area contributed by atoms with Crippen molar-refractivity contribution < 1.29 is 24.2 Å². The number of halogens is 1. The van der Waals surface area contributed by atoms with Crippen molar-refractivity contribution in [2.75, 3.05) is 45.3 Å². The van der Waals surface area contributed by atoms with Crippen molar-refractivity contribution in [2.45, 2.75) is 62.4 Å². The standard InChI is InChI=1S/C36H45ClN2O5/c1-5-7-17-38(3)34(41)20-29(35(42)43-4)24-11-15-33-31(19-24)39(21-26-10-13-28(26)32(40)6-2)22-36(23-44-33)16-8-9-25-18-27(37)12-14-30(25)36/h5-6,11-12,14-15,18-19,26,28-29,32,40H,1-2,7-10,13,16-17,20-23H2,3-4H3/t26-,28+,29?,32-,36-/m0/s1. The molecule has 1 N–H and O–H groups in total. The van der Waals surface area contributed by atoms with Gasteiger partial charge >= 0.3 is 5.97 Å². The summed E-state index contributed by atoms with van der Waals surface area (Å²) in [6, 6.07) is 12.0. The highest BCUT2D eigenvalue weighted by atomic mass is 35.5. The van der Waals surface area contributed by atoms with Crippen molar-refractivity contribution in [1.29, 1.82) is 0 Å². The Hall–Kier alpha value is -3.29. The summed E-state index contributed by atoms with van der Waals surface area (Å²) in [5, 5.41) is 11.4. The van der Waals surface area contributed by atoms with Crippen molar-refractivity contribution in [3.63, 3.8) is 0 Å². The molecule has 0 saturated heterocycles. The largest absolute Gasteiger partial charge is 0.490 e. The summed E-state index contributed by atoms with van der Waals surface area (Å²) in [6.45, 7) is 10.1. The summed E-state index contributed by atoms with van der Waals surface area (Å²) >= 11 is 6.41. The SMILES string of the molecule is C=CCCN(C)C(=O)CC(C(=O)OC)c1ccc2c(c1)N(C[C@@H]1CC[C@H]1[C@@H](O)C=C)C[C@@]1(CCCc3cc(Cl)ccc31)CO2. The lowest BCUT2D eigenvalue weighted by Gasteiger charge is -2.45. The number of fused-ring (bicyclic) bond motifs is 3. The first-order chi connectivity index (χ1) is 21.2. The fraction of sp³-hybridized carbons (Fsp3) is 0.500. The van der Waals surface area contributed by atoms with E-state index in [4.69, 9.17) is 21.1 Å². The van der Waals surface area contributed by atoms with Crippen molar-refractivity contribution in [3.8, 4) is 5.75 Å². The van der Waals surface area contributed by atoms with Gasteiger partial charge in [-0.2, -0.15) is 0 Å². The first kappa shape index (κ1) is 32.1. The molecular weight excluding hydrogens is 576 g/mol. The highest BCUT2D eigenvalue weighted by Gasteiger charge is 2.44. The van der Waals surface area contributed by atoms with Gasteiger partial charge in [0.25, 0.3) is 0 Å². The average molecular weight is 621 g/mol. The van der Waals surface area contributed by atoms with E-state index in [2.05, 4.69) is 30.2 Å². The van der Waals surface area contributed by atoms with E-state index >= 15 is 0 Å². The zero-order chi connectivity index (χ0) is 31.4. The van der Waals surface area contributed by atoms with Gasteiger partial charge in [-0.3, -0.25) is 9.59 Å². The van der Waals surface area contributed by atoms with Gasteiger partial charge in [-0.25, -0.2) is 0 Å². The van der Waals surface area contributed by atoms with Crippen molar-refractivity contribution in [2.24, 2.45) is 11.8 Å². The molecule has 1 fully saturated rings. The van der Waals surface area contributed by atoms with Crippen LogP contribution in [0.15, 0.2) is 61.7 Å². The van der Waals surface area contributed by atoms with Gasteiger partial charge in [-0.1, -0.05) is 35.9 Å². The molecule has 2 aromatic rings. The van der Waals surface area contributed by atoms with Crippen LogP contribution in [0, 0.1) is 11.8 Å².